The summed E-state index contributed by atoms with van der Waals surface area (Å²) in [5.74, 6) is -0.404. The zero-order valence-corrected chi connectivity index (χ0v) is 10.7. The number of nitrogens with zero attached hydrogens (tertiary/aromatic N) is 1. The molecule has 0 heterocycles. The smallest absolute Gasteiger partial charge is 0.292 e. The molecule has 0 aliphatic rings. The number of hydrogen-bond acceptors (Lipinski definition) is 5. The maximum Gasteiger partial charge on any atom is 0.292 e. The van der Waals surface area contributed by atoms with Crippen LogP contribution in [0.2, 0.25) is 0 Å². The molecule has 1 amide bonds. The van der Waals surface area contributed by atoms with Crippen LogP contribution >= 0.6 is 0 Å². The van der Waals surface area contributed by atoms with Crippen molar-refractivity contribution in [1.29, 1.82) is 0 Å². The van der Waals surface area contributed by atoms with E-state index in [2.05, 4.69) is 5.32 Å². The van der Waals surface area contributed by atoms with Gasteiger partial charge in [-0.3, -0.25) is 14.9 Å². The average molecular weight is 267 g/mol. The third-order valence-corrected chi connectivity index (χ3v) is 2.59. The number of nitro benzene ring substituents is 1. The van der Waals surface area contributed by atoms with Gasteiger partial charge in [0.15, 0.2) is 0 Å². The van der Waals surface area contributed by atoms with E-state index in [1.807, 2.05) is 0 Å². The number of para-hydroxylation sites is 1. The quantitative estimate of drug-likeness (QED) is 0.335. The number of carbonyl (C=O) groups excluding carboxylic acids is 1. The minimum atomic E-state index is -0.606. The summed E-state index contributed by atoms with van der Waals surface area (Å²) in [7, 11) is 1.61. The number of hydrogen-bond donors (Lipinski definition) is 2. The van der Waals surface area contributed by atoms with Gasteiger partial charge in [0.05, 0.1) is 10.5 Å². The van der Waals surface area contributed by atoms with Gasteiger partial charge in [-0.25, -0.2) is 0 Å². The molecule has 0 spiro atoms. The zero-order chi connectivity index (χ0) is 14.3. The van der Waals surface area contributed by atoms with Crippen molar-refractivity contribution < 1.29 is 14.5 Å². The number of unbranched alkanes of at least 4 members (excludes halogenated alkanes) is 1. The summed E-state index contributed by atoms with van der Waals surface area (Å²) >= 11 is 0. The maximum absolute atomic E-state index is 11.8. The van der Waals surface area contributed by atoms with Gasteiger partial charge in [-0.15, -0.1) is 0 Å². The van der Waals surface area contributed by atoms with Crippen molar-refractivity contribution >= 4 is 17.3 Å². The predicted molar refractivity (Wildman–Crippen MR) is 71.0 cm³/mol. The van der Waals surface area contributed by atoms with Crippen LogP contribution in [0, 0.1) is 10.1 Å². The van der Waals surface area contributed by atoms with E-state index in [-0.39, 0.29) is 16.9 Å². The first-order valence-electron chi connectivity index (χ1n) is 5.88. The first kappa shape index (κ1) is 14.9. The van der Waals surface area contributed by atoms with Gasteiger partial charge in [-0.1, -0.05) is 6.07 Å². The number of ether oxygens (including phenoxy) is 1. The van der Waals surface area contributed by atoms with Crippen LogP contribution in [0.3, 0.4) is 0 Å². The highest BCUT2D eigenvalue weighted by atomic mass is 16.6. The van der Waals surface area contributed by atoms with E-state index >= 15 is 0 Å². The second-order valence-electron chi connectivity index (χ2n) is 3.95. The largest absolute Gasteiger partial charge is 0.393 e. The Hall–Kier alpha value is -2.15. The highest BCUT2D eigenvalue weighted by Crippen LogP contribution is 2.24. The van der Waals surface area contributed by atoms with E-state index in [1.54, 1.807) is 7.11 Å². The molecule has 0 atom stereocenters. The molecule has 1 aromatic rings. The fourth-order valence-electron chi connectivity index (χ4n) is 1.58. The van der Waals surface area contributed by atoms with Crippen molar-refractivity contribution in [2.24, 2.45) is 0 Å². The van der Waals surface area contributed by atoms with Crippen LogP contribution in [0.25, 0.3) is 0 Å². The van der Waals surface area contributed by atoms with Crippen molar-refractivity contribution in [1.82, 2.24) is 5.32 Å². The molecule has 1 aromatic carbocycles. The number of methoxy groups -OCH3 is 1. The van der Waals surface area contributed by atoms with Crippen LogP contribution in [0.5, 0.6) is 0 Å². The van der Waals surface area contributed by atoms with Gasteiger partial charge in [0.2, 0.25) is 0 Å². The molecule has 0 saturated heterocycles. The summed E-state index contributed by atoms with van der Waals surface area (Å²) in [6.45, 7) is 1.11. The standard InChI is InChI=1S/C12H17N3O4/c1-19-8-3-2-7-14-12(16)9-5-4-6-10(11(9)13)15(17)18/h4-6H,2-3,7-8,13H2,1H3,(H,14,16). The molecule has 3 N–H and O–H groups in total. The van der Waals surface area contributed by atoms with Crippen molar-refractivity contribution in [3.8, 4) is 0 Å². The summed E-state index contributed by atoms with van der Waals surface area (Å²) in [5, 5.41) is 13.4. The molecular formula is C12H17N3O4. The molecule has 0 fully saturated rings. The van der Waals surface area contributed by atoms with Gasteiger partial charge in [0, 0.05) is 26.3 Å². The van der Waals surface area contributed by atoms with Crippen molar-refractivity contribution in [2.75, 3.05) is 26.0 Å². The number of anilines is 1. The lowest BCUT2D eigenvalue weighted by atomic mass is 10.1. The van der Waals surface area contributed by atoms with E-state index in [0.717, 1.165) is 12.8 Å². The number of carbonyl (C=O) groups is 1. The summed E-state index contributed by atoms with van der Waals surface area (Å²) in [6.07, 6.45) is 1.61. The Morgan fingerprint density at radius 3 is 2.84 bits per heavy atom. The summed E-state index contributed by atoms with van der Waals surface area (Å²) in [5.41, 5.74) is 5.37. The van der Waals surface area contributed by atoms with Gasteiger partial charge < -0.3 is 15.8 Å². The predicted octanol–water partition coefficient (Wildman–Crippen LogP) is 1.33. The Balaban J connectivity index is 2.62. The molecule has 0 saturated carbocycles. The Morgan fingerprint density at radius 1 is 1.47 bits per heavy atom. The monoisotopic (exact) mass is 267 g/mol. The molecule has 19 heavy (non-hydrogen) atoms. The Morgan fingerprint density at radius 2 is 2.21 bits per heavy atom. The fraction of sp³-hybridized carbons (Fsp3) is 0.417. The van der Waals surface area contributed by atoms with Crippen molar-refractivity contribution in [2.45, 2.75) is 12.8 Å². The number of nitrogens with two attached hydrogens (primary N) is 1. The molecule has 0 aliphatic heterocycles. The van der Waals surface area contributed by atoms with E-state index in [9.17, 15) is 14.9 Å². The molecule has 0 bridgehead atoms. The molecule has 104 valence electrons. The lowest BCUT2D eigenvalue weighted by Crippen LogP contribution is -2.25. The number of nitro groups is 1. The number of rotatable bonds is 7. The molecule has 0 radical (unpaired) electrons. The average Bonchev–Trinajstić information content (AvgIpc) is 2.38. The maximum atomic E-state index is 11.8. The van der Waals surface area contributed by atoms with E-state index in [0.29, 0.717) is 13.2 Å². The van der Waals surface area contributed by atoms with Gasteiger partial charge in [-0.2, -0.15) is 0 Å². The molecule has 0 unspecified atom stereocenters. The zero-order valence-electron chi connectivity index (χ0n) is 10.7. The minimum Gasteiger partial charge on any atom is -0.393 e. The van der Waals surface area contributed by atoms with Gasteiger partial charge >= 0.3 is 0 Å². The third-order valence-electron chi connectivity index (χ3n) is 2.59. The molecule has 7 nitrogen and oxygen atoms in total. The van der Waals surface area contributed by atoms with Crippen LogP contribution in [0.4, 0.5) is 11.4 Å². The molecule has 1 rings (SSSR count). The van der Waals surface area contributed by atoms with Crippen LogP contribution in [0.15, 0.2) is 18.2 Å². The van der Waals surface area contributed by atoms with Crippen LogP contribution < -0.4 is 11.1 Å². The van der Waals surface area contributed by atoms with E-state index < -0.39 is 10.8 Å². The Labute approximate surface area is 110 Å². The normalized spacial score (nSPS) is 10.2. The van der Waals surface area contributed by atoms with Crippen molar-refractivity contribution in [3.63, 3.8) is 0 Å². The Bertz CT molecular complexity index is 462. The lowest BCUT2D eigenvalue weighted by Gasteiger charge is -2.07. The second kappa shape index (κ2) is 7.32. The molecule has 7 heteroatoms. The van der Waals surface area contributed by atoms with Crippen LogP contribution in [-0.4, -0.2) is 31.1 Å². The Kier molecular flexibility index (Phi) is 5.74. The highest BCUT2D eigenvalue weighted by molar-refractivity contribution is 6.00. The number of nitrogen functional groups attached to an aromatic ring is 1. The summed E-state index contributed by atoms with van der Waals surface area (Å²) in [6, 6.07) is 4.17. The van der Waals surface area contributed by atoms with Gasteiger partial charge in [0.25, 0.3) is 11.6 Å². The molecule has 0 aliphatic carbocycles. The van der Waals surface area contributed by atoms with E-state index in [4.69, 9.17) is 10.5 Å². The summed E-state index contributed by atoms with van der Waals surface area (Å²) < 4.78 is 4.89. The SMILES string of the molecule is COCCCCNC(=O)c1cccc([N+](=O)[O-])c1N. The number of benzene rings is 1. The molecular weight excluding hydrogens is 250 g/mol. The number of amides is 1. The minimum absolute atomic E-state index is 0.109. The number of nitrogens with one attached hydrogen (secondary N) is 1. The van der Waals surface area contributed by atoms with Crippen LogP contribution in [-0.2, 0) is 4.74 Å². The van der Waals surface area contributed by atoms with Crippen molar-refractivity contribution in [3.05, 3.63) is 33.9 Å². The van der Waals surface area contributed by atoms with Crippen LogP contribution in [0.1, 0.15) is 23.2 Å². The second-order valence-corrected chi connectivity index (χ2v) is 3.95. The third kappa shape index (κ3) is 4.22. The lowest BCUT2D eigenvalue weighted by molar-refractivity contribution is -0.383. The van der Waals surface area contributed by atoms with Gasteiger partial charge in [-0.05, 0) is 18.9 Å². The topological polar surface area (TPSA) is 107 Å². The fourth-order valence-corrected chi connectivity index (χ4v) is 1.58. The first-order chi connectivity index (χ1) is 9.07. The molecule has 0 aromatic heterocycles. The van der Waals surface area contributed by atoms with Gasteiger partial charge in [0.1, 0.15) is 5.69 Å². The highest BCUT2D eigenvalue weighted by Gasteiger charge is 2.18. The first-order valence-corrected chi connectivity index (χ1v) is 5.88. The van der Waals surface area contributed by atoms with E-state index in [1.165, 1.54) is 18.2 Å². The summed E-state index contributed by atoms with van der Waals surface area (Å²) in [4.78, 5) is 21.9.